The van der Waals surface area contributed by atoms with Crippen LogP contribution < -0.4 is 10.5 Å². The van der Waals surface area contributed by atoms with Gasteiger partial charge in [-0.25, -0.2) is 0 Å². The first-order valence-corrected chi connectivity index (χ1v) is 6.20. The maximum Gasteiger partial charge on any atom is 0.416 e. The van der Waals surface area contributed by atoms with Gasteiger partial charge in [0.1, 0.15) is 18.5 Å². The van der Waals surface area contributed by atoms with Crippen molar-refractivity contribution in [1.29, 1.82) is 0 Å². The van der Waals surface area contributed by atoms with Crippen molar-refractivity contribution in [2.75, 3.05) is 12.3 Å². The molecule has 0 saturated heterocycles. The van der Waals surface area contributed by atoms with Gasteiger partial charge >= 0.3 is 6.18 Å². The fourth-order valence-corrected chi connectivity index (χ4v) is 1.82. The fourth-order valence-electron chi connectivity index (χ4n) is 1.82. The van der Waals surface area contributed by atoms with Crippen LogP contribution in [0.3, 0.4) is 0 Å². The Morgan fingerprint density at radius 1 is 1.05 bits per heavy atom. The SMILES string of the molecule is Nc1ccccc1C(O)COc1ccc(C(F)(F)F)cc1. The lowest BCUT2D eigenvalue weighted by Crippen LogP contribution is -2.11. The Labute approximate surface area is 119 Å². The highest BCUT2D eigenvalue weighted by molar-refractivity contribution is 5.47. The zero-order chi connectivity index (χ0) is 15.5. The smallest absolute Gasteiger partial charge is 0.416 e. The number of anilines is 1. The van der Waals surface area contributed by atoms with E-state index < -0.39 is 17.8 Å². The molecule has 0 fully saturated rings. The maximum absolute atomic E-state index is 12.4. The summed E-state index contributed by atoms with van der Waals surface area (Å²) in [4.78, 5) is 0. The van der Waals surface area contributed by atoms with Crippen LogP contribution in [-0.2, 0) is 6.18 Å². The predicted octanol–water partition coefficient (Wildman–Crippen LogP) is 3.40. The Morgan fingerprint density at radius 3 is 2.24 bits per heavy atom. The summed E-state index contributed by atoms with van der Waals surface area (Å²) in [6, 6.07) is 11.1. The molecule has 0 spiro atoms. The average molecular weight is 297 g/mol. The van der Waals surface area contributed by atoms with Crippen LogP contribution in [0.25, 0.3) is 0 Å². The van der Waals surface area contributed by atoms with E-state index in [1.807, 2.05) is 0 Å². The van der Waals surface area contributed by atoms with E-state index in [-0.39, 0.29) is 12.4 Å². The van der Waals surface area contributed by atoms with Crippen LogP contribution in [0.5, 0.6) is 5.75 Å². The molecule has 0 saturated carbocycles. The van der Waals surface area contributed by atoms with E-state index in [0.29, 0.717) is 11.3 Å². The van der Waals surface area contributed by atoms with Crippen molar-refractivity contribution in [3.8, 4) is 5.75 Å². The third kappa shape index (κ3) is 3.88. The van der Waals surface area contributed by atoms with Crippen molar-refractivity contribution in [1.82, 2.24) is 0 Å². The highest BCUT2D eigenvalue weighted by atomic mass is 19.4. The van der Waals surface area contributed by atoms with Crippen LogP contribution in [0.2, 0.25) is 0 Å². The van der Waals surface area contributed by atoms with Gasteiger partial charge < -0.3 is 15.6 Å². The van der Waals surface area contributed by atoms with E-state index in [2.05, 4.69) is 0 Å². The molecule has 0 aromatic heterocycles. The van der Waals surface area contributed by atoms with Crippen LogP contribution in [0.15, 0.2) is 48.5 Å². The lowest BCUT2D eigenvalue weighted by Gasteiger charge is -2.15. The number of aliphatic hydroxyl groups is 1. The Balaban J connectivity index is 1.99. The molecule has 0 amide bonds. The molecule has 112 valence electrons. The molecule has 0 bridgehead atoms. The summed E-state index contributed by atoms with van der Waals surface area (Å²) >= 11 is 0. The standard InChI is InChI=1S/C15H14F3NO2/c16-15(17,18)10-5-7-11(8-6-10)21-9-14(20)12-3-1-2-4-13(12)19/h1-8,14,20H,9,19H2. The molecule has 3 nitrogen and oxygen atoms in total. The molecular formula is C15H14F3NO2. The van der Waals surface area contributed by atoms with Gasteiger partial charge in [0.2, 0.25) is 0 Å². The minimum absolute atomic E-state index is 0.0976. The lowest BCUT2D eigenvalue weighted by atomic mass is 10.1. The number of aliphatic hydroxyl groups excluding tert-OH is 1. The second-order valence-corrected chi connectivity index (χ2v) is 4.48. The molecule has 2 rings (SSSR count). The highest BCUT2D eigenvalue weighted by Crippen LogP contribution is 2.30. The molecule has 0 aliphatic heterocycles. The van der Waals surface area contributed by atoms with Gasteiger partial charge in [0.15, 0.2) is 0 Å². The monoisotopic (exact) mass is 297 g/mol. The first kappa shape index (κ1) is 15.2. The molecule has 2 aromatic carbocycles. The number of nitrogen functional groups attached to an aromatic ring is 1. The summed E-state index contributed by atoms with van der Waals surface area (Å²) in [6.45, 7) is -0.0976. The van der Waals surface area contributed by atoms with Gasteiger partial charge in [0, 0.05) is 11.3 Å². The number of hydrogen-bond donors (Lipinski definition) is 2. The molecule has 3 N–H and O–H groups in total. The van der Waals surface area contributed by atoms with Crippen LogP contribution in [0.1, 0.15) is 17.2 Å². The quantitative estimate of drug-likeness (QED) is 0.850. The Kier molecular flexibility index (Phi) is 4.37. The van der Waals surface area contributed by atoms with Gasteiger partial charge in [-0.05, 0) is 30.3 Å². The van der Waals surface area contributed by atoms with Gasteiger partial charge in [-0.15, -0.1) is 0 Å². The summed E-state index contributed by atoms with van der Waals surface area (Å²) in [7, 11) is 0. The van der Waals surface area contributed by atoms with Crippen molar-refractivity contribution in [3.63, 3.8) is 0 Å². The molecule has 1 unspecified atom stereocenters. The normalized spacial score (nSPS) is 13.0. The zero-order valence-corrected chi connectivity index (χ0v) is 11.0. The summed E-state index contributed by atoms with van der Waals surface area (Å²) < 4.78 is 42.5. The van der Waals surface area contributed by atoms with Crippen LogP contribution in [0.4, 0.5) is 18.9 Å². The van der Waals surface area contributed by atoms with Gasteiger partial charge in [0.25, 0.3) is 0 Å². The van der Waals surface area contributed by atoms with E-state index in [1.54, 1.807) is 24.3 Å². The highest BCUT2D eigenvalue weighted by Gasteiger charge is 2.30. The molecule has 0 aliphatic carbocycles. The van der Waals surface area contributed by atoms with Gasteiger partial charge in [-0.2, -0.15) is 13.2 Å². The third-order valence-electron chi connectivity index (χ3n) is 2.94. The van der Waals surface area contributed by atoms with Crippen molar-refractivity contribution < 1.29 is 23.0 Å². The van der Waals surface area contributed by atoms with E-state index in [4.69, 9.17) is 10.5 Å². The number of benzene rings is 2. The molecule has 1 atom stereocenters. The first-order valence-electron chi connectivity index (χ1n) is 6.20. The summed E-state index contributed by atoms with van der Waals surface area (Å²) in [5.41, 5.74) is 5.92. The number of halogens is 3. The number of rotatable bonds is 4. The number of ether oxygens (including phenoxy) is 1. The van der Waals surface area contributed by atoms with E-state index in [1.165, 1.54) is 12.1 Å². The molecule has 0 heterocycles. The average Bonchev–Trinajstić information content (AvgIpc) is 2.45. The minimum atomic E-state index is -4.38. The third-order valence-corrected chi connectivity index (χ3v) is 2.94. The Bertz CT molecular complexity index is 597. The summed E-state index contributed by atoms with van der Waals surface area (Å²) in [5.74, 6) is 0.247. The minimum Gasteiger partial charge on any atom is -0.491 e. The molecule has 21 heavy (non-hydrogen) atoms. The Hall–Kier alpha value is -2.21. The van der Waals surface area contributed by atoms with Crippen molar-refractivity contribution in [2.24, 2.45) is 0 Å². The van der Waals surface area contributed by atoms with Gasteiger partial charge in [0.05, 0.1) is 5.56 Å². The first-order chi connectivity index (χ1) is 9.88. The summed E-state index contributed by atoms with van der Waals surface area (Å²) in [6.07, 6.45) is -5.33. The number of nitrogens with two attached hydrogens (primary N) is 1. The molecule has 2 aromatic rings. The fraction of sp³-hybridized carbons (Fsp3) is 0.200. The number of alkyl halides is 3. The second kappa shape index (κ2) is 6.05. The zero-order valence-electron chi connectivity index (χ0n) is 11.0. The predicted molar refractivity (Wildman–Crippen MR) is 72.8 cm³/mol. The molecular weight excluding hydrogens is 283 g/mol. The van der Waals surface area contributed by atoms with Crippen LogP contribution in [0, 0.1) is 0 Å². The van der Waals surface area contributed by atoms with E-state index in [9.17, 15) is 18.3 Å². The van der Waals surface area contributed by atoms with Crippen molar-refractivity contribution in [3.05, 3.63) is 59.7 Å². The largest absolute Gasteiger partial charge is 0.491 e. The van der Waals surface area contributed by atoms with Crippen molar-refractivity contribution >= 4 is 5.69 Å². The van der Waals surface area contributed by atoms with Crippen molar-refractivity contribution in [2.45, 2.75) is 12.3 Å². The lowest BCUT2D eigenvalue weighted by molar-refractivity contribution is -0.137. The molecule has 0 radical (unpaired) electrons. The maximum atomic E-state index is 12.4. The molecule has 6 heteroatoms. The van der Waals surface area contributed by atoms with Crippen LogP contribution >= 0.6 is 0 Å². The van der Waals surface area contributed by atoms with Gasteiger partial charge in [-0.3, -0.25) is 0 Å². The number of hydrogen-bond acceptors (Lipinski definition) is 3. The van der Waals surface area contributed by atoms with Gasteiger partial charge in [-0.1, -0.05) is 18.2 Å². The summed E-state index contributed by atoms with van der Waals surface area (Å²) in [5, 5.41) is 9.96. The van der Waals surface area contributed by atoms with E-state index in [0.717, 1.165) is 12.1 Å². The number of para-hydroxylation sites is 1. The topological polar surface area (TPSA) is 55.5 Å². The van der Waals surface area contributed by atoms with E-state index >= 15 is 0 Å². The second-order valence-electron chi connectivity index (χ2n) is 4.48. The Morgan fingerprint density at radius 2 is 1.67 bits per heavy atom. The van der Waals surface area contributed by atoms with Crippen LogP contribution in [-0.4, -0.2) is 11.7 Å². The molecule has 0 aliphatic rings.